The van der Waals surface area contributed by atoms with E-state index in [1.165, 1.54) is 12.1 Å². The molecule has 1 heterocycles. The molecule has 2 aromatic rings. The minimum atomic E-state index is -4.70. The van der Waals surface area contributed by atoms with E-state index in [-0.39, 0.29) is 11.8 Å². The Morgan fingerprint density at radius 3 is 2.35 bits per heavy atom. The second-order valence-electron chi connectivity index (χ2n) is 4.20. The summed E-state index contributed by atoms with van der Waals surface area (Å²) in [6.07, 6.45) is -3.67. The van der Waals surface area contributed by atoms with Gasteiger partial charge in [-0.05, 0) is 24.6 Å². The molecule has 3 nitrogen and oxygen atoms in total. The van der Waals surface area contributed by atoms with Crippen LogP contribution in [-0.2, 0) is 0 Å². The van der Waals surface area contributed by atoms with Crippen molar-refractivity contribution < 1.29 is 17.9 Å². The lowest BCUT2D eigenvalue weighted by molar-refractivity contribution is -0.274. The fourth-order valence-corrected chi connectivity index (χ4v) is 1.71. The Morgan fingerprint density at radius 1 is 1.10 bits per heavy atom. The Balaban J connectivity index is 2.00. The molecule has 0 saturated carbocycles. The van der Waals surface area contributed by atoms with E-state index in [1.54, 1.807) is 0 Å². The molecule has 0 aliphatic carbocycles. The molecule has 1 aromatic carbocycles. The van der Waals surface area contributed by atoms with Gasteiger partial charge in [-0.3, -0.25) is 0 Å². The molecule has 0 aliphatic rings. The molecule has 1 aromatic heterocycles. The first-order valence-electron chi connectivity index (χ1n) is 5.97. The van der Waals surface area contributed by atoms with E-state index < -0.39 is 6.36 Å². The van der Waals surface area contributed by atoms with Crippen molar-refractivity contribution in [1.29, 1.82) is 0 Å². The number of nitrogens with zero attached hydrogens (tertiary/aromatic N) is 1. The van der Waals surface area contributed by atoms with Gasteiger partial charge in [0, 0.05) is 6.04 Å². The molecule has 106 valence electrons. The average Bonchev–Trinajstić information content (AvgIpc) is 2.40. The van der Waals surface area contributed by atoms with Gasteiger partial charge in [-0.1, -0.05) is 30.3 Å². The number of hydrogen-bond acceptors (Lipinski definition) is 3. The third-order valence-electron chi connectivity index (χ3n) is 2.63. The van der Waals surface area contributed by atoms with Gasteiger partial charge in [0.1, 0.15) is 11.6 Å². The van der Waals surface area contributed by atoms with Crippen molar-refractivity contribution >= 4 is 5.82 Å². The second-order valence-corrected chi connectivity index (χ2v) is 4.20. The van der Waals surface area contributed by atoms with Crippen LogP contribution in [-0.4, -0.2) is 11.3 Å². The van der Waals surface area contributed by atoms with Gasteiger partial charge in [0.15, 0.2) is 0 Å². The average molecular weight is 282 g/mol. The minimum absolute atomic E-state index is 0.00177. The van der Waals surface area contributed by atoms with Gasteiger partial charge in [-0.15, -0.1) is 13.2 Å². The van der Waals surface area contributed by atoms with Gasteiger partial charge in [0.2, 0.25) is 0 Å². The molecular formula is C14H13F3N2O. The Labute approximate surface area is 114 Å². The number of rotatable bonds is 4. The number of halogens is 3. The van der Waals surface area contributed by atoms with Crippen molar-refractivity contribution in [3.05, 3.63) is 54.2 Å². The lowest BCUT2D eigenvalue weighted by Crippen LogP contribution is -2.17. The summed E-state index contributed by atoms with van der Waals surface area (Å²) in [6, 6.07) is 12.3. The van der Waals surface area contributed by atoms with E-state index >= 15 is 0 Å². The largest absolute Gasteiger partial charge is 0.573 e. The van der Waals surface area contributed by atoms with Crippen LogP contribution in [0.5, 0.6) is 5.75 Å². The summed E-state index contributed by atoms with van der Waals surface area (Å²) in [5.41, 5.74) is 1.06. The summed E-state index contributed by atoms with van der Waals surface area (Å²) in [5.74, 6) is 0.145. The third kappa shape index (κ3) is 4.15. The van der Waals surface area contributed by atoms with Crippen molar-refractivity contribution in [3.8, 4) is 5.75 Å². The molecule has 0 aliphatic heterocycles. The summed E-state index contributed by atoms with van der Waals surface area (Å²) in [5, 5.41) is 3.10. The highest BCUT2D eigenvalue weighted by Gasteiger charge is 2.31. The SMILES string of the molecule is CC(Nc1ccc(OC(F)(F)F)cn1)c1ccccc1. The molecule has 1 unspecified atom stereocenters. The van der Waals surface area contributed by atoms with Crippen molar-refractivity contribution in [3.63, 3.8) is 0 Å². The van der Waals surface area contributed by atoms with E-state index in [9.17, 15) is 13.2 Å². The lowest BCUT2D eigenvalue weighted by Gasteiger charge is -2.15. The maximum Gasteiger partial charge on any atom is 0.573 e. The molecule has 1 atom stereocenters. The summed E-state index contributed by atoms with van der Waals surface area (Å²) in [4.78, 5) is 3.89. The van der Waals surface area contributed by atoms with Crippen molar-refractivity contribution in [2.75, 3.05) is 5.32 Å². The number of anilines is 1. The number of hydrogen-bond donors (Lipinski definition) is 1. The van der Waals surface area contributed by atoms with Crippen LogP contribution in [0.4, 0.5) is 19.0 Å². The predicted octanol–water partition coefficient (Wildman–Crippen LogP) is 4.15. The van der Waals surface area contributed by atoms with Crippen LogP contribution in [0.1, 0.15) is 18.5 Å². The van der Waals surface area contributed by atoms with Crippen LogP contribution in [0.25, 0.3) is 0 Å². The molecule has 0 spiro atoms. The Bertz CT molecular complexity index is 541. The smallest absolute Gasteiger partial charge is 0.404 e. The number of ether oxygens (including phenoxy) is 1. The Hall–Kier alpha value is -2.24. The predicted molar refractivity (Wildman–Crippen MR) is 69.4 cm³/mol. The van der Waals surface area contributed by atoms with Gasteiger partial charge in [-0.2, -0.15) is 0 Å². The zero-order valence-electron chi connectivity index (χ0n) is 10.7. The topological polar surface area (TPSA) is 34.1 Å². The maximum atomic E-state index is 12.0. The van der Waals surface area contributed by atoms with Crippen molar-refractivity contribution in [2.45, 2.75) is 19.3 Å². The lowest BCUT2D eigenvalue weighted by atomic mass is 10.1. The molecule has 20 heavy (non-hydrogen) atoms. The molecule has 0 saturated heterocycles. The van der Waals surface area contributed by atoms with Gasteiger partial charge in [0.25, 0.3) is 0 Å². The van der Waals surface area contributed by atoms with Crippen LogP contribution in [0.2, 0.25) is 0 Å². The van der Waals surface area contributed by atoms with Crippen molar-refractivity contribution in [1.82, 2.24) is 4.98 Å². The van der Waals surface area contributed by atoms with E-state index in [0.29, 0.717) is 5.82 Å². The number of nitrogens with one attached hydrogen (secondary N) is 1. The highest BCUT2D eigenvalue weighted by Crippen LogP contribution is 2.23. The standard InChI is InChI=1S/C14H13F3N2O/c1-10(11-5-3-2-4-6-11)19-13-8-7-12(9-18-13)20-14(15,16)17/h2-10H,1H3,(H,18,19). The quantitative estimate of drug-likeness (QED) is 0.914. The van der Waals surface area contributed by atoms with E-state index in [0.717, 1.165) is 11.8 Å². The summed E-state index contributed by atoms with van der Waals surface area (Å²) in [6.45, 7) is 1.94. The molecule has 2 rings (SSSR count). The molecule has 6 heteroatoms. The van der Waals surface area contributed by atoms with Crippen LogP contribution in [0.15, 0.2) is 48.7 Å². The first-order valence-corrected chi connectivity index (χ1v) is 5.97. The summed E-state index contributed by atoms with van der Waals surface area (Å²) < 4.78 is 39.8. The van der Waals surface area contributed by atoms with E-state index in [4.69, 9.17) is 0 Å². The molecule has 0 fully saturated rings. The summed E-state index contributed by atoms with van der Waals surface area (Å²) in [7, 11) is 0. The first-order chi connectivity index (χ1) is 9.44. The second kappa shape index (κ2) is 5.81. The molecular weight excluding hydrogens is 269 g/mol. The van der Waals surface area contributed by atoms with E-state index in [2.05, 4.69) is 15.0 Å². The van der Waals surface area contributed by atoms with Crippen LogP contribution in [0, 0.1) is 0 Å². The van der Waals surface area contributed by atoms with Crippen LogP contribution < -0.4 is 10.1 Å². The molecule has 0 radical (unpaired) electrons. The molecule has 1 N–H and O–H groups in total. The fourth-order valence-electron chi connectivity index (χ4n) is 1.71. The van der Waals surface area contributed by atoms with Crippen molar-refractivity contribution in [2.24, 2.45) is 0 Å². The van der Waals surface area contributed by atoms with Crippen LogP contribution >= 0.6 is 0 Å². The number of benzene rings is 1. The zero-order chi connectivity index (χ0) is 14.6. The van der Waals surface area contributed by atoms with Gasteiger partial charge >= 0.3 is 6.36 Å². The first kappa shape index (κ1) is 14.2. The van der Waals surface area contributed by atoms with Gasteiger partial charge in [0.05, 0.1) is 6.20 Å². The van der Waals surface area contributed by atoms with E-state index in [1.807, 2.05) is 37.3 Å². The maximum absolute atomic E-state index is 12.0. The Morgan fingerprint density at radius 2 is 1.80 bits per heavy atom. The fraction of sp³-hybridized carbons (Fsp3) is 0.214. The summed E-state index contributed by atoms with van der Waals surface area (Å²) >= 11 is 0. The third-order valence-corrected chi connectivity index (χ3v) is 2.63. The number of pyridine rings is 1. The number of aromatic nitrogens is 1. The highest BCUT2D eigenvalue weighted by atomic mass is 19.4. The minimum Gasteiger partial charge on any atom is -0.404 e. The number of alkyl halides is 3. The molecule has 0 bridgehead atoms. The molecule has 0 amide bonds. The highest BCUT2D eigenvalue weighted by molar-refractivity contribution is 5.40. The van der Waals surface area contributed by atoms with Gasteiger partial charge < -0.3 is 10.1 Å². The zero-order valence-corrected chi connectivity index (χ0v) is 10.7. The van der Waals surface area contributed by atoms with Crippen LogP contribution in [0.3, 0.4) is 0 Å². The van der Waals surface area contributed by atoms with Gasteiger partial charge in [-0.25, -0.2) is 4.98 Å². The Kier molecular flexibility index (Phi) is 4.12. The monoisotopic (exact) mass is 282 g/mol. The normalized spacial score (nSPS) is 12.8.